The normalized spacial score (nSPS) is 33.4. The van der Waals surface area contributed by atoms with E-state index in [0.29, 0.717) is 11.5 Å². The maximum atomic E-state index is 11.5. The first kappa shape index (κ1) is 8.48. The number of rotatable bonds is 1. The van der Waals surface area contributed by atoms with Gasteiger partial charge in [0.15, 0.2) is 0 Å². The van der Waals surface area contributed by atoms with Crippen LogP contribution in [0.1, 0.15) is 26.7 Å². The molecule has 0 saturated heterocycles. The van der Waals surface area contributed by atoms with Crippen molar-refractivity contribution in [3.05, 3.63) is 11.6 Å². The van der Waals surface area contributed by atoms with Gasteiger partial charge in [-0.25, -0.2) is 0 Å². The summed E-state index contributed by atoms with van der Waals surface area (Å²) >= 11 is 0. The molecule has 2 aliphatic rings. The van der Waals surface area contributed by atoms with Gasteiger partial charge in [0, 0.05) is 17.7 Å². The third-order valence-corrected chi connectivity index (χ3v) is 2.85. The lowest BCUT2D eigenvalue weighted by Gasteiger charge is -2.38. The van der Waals surface area contributed by atoms with Gasteiger partial charge in [-0.2, -0.15) is 0 Å². The molecule has 0 spiro atoms. The summed E-state index contributed by atoms with van der Waals surface area (Å²) in [5.74, 6) is 0.438. The molecule has 1 heterocycles. The number of carbonyl (C=O) groups is 2. The van der Waals surface area contributed by atoms with Crippen molar-refractivity contribution in [1.82, 2.24) is 4.90 Å². The van der Waals surface area contributed by atoms with Crippen molar-refractivity contribution in [1.29, 1.82) is 0 Å². The van der Waals surface area contributed by atoms with Crippen LogP contribution in [0, 0.1) is 5.92 Å². The molecule has 0 unspecified atom stereocenters. The van der Waals surface area contributed by atoms with Gasteiger partial charge < -0.3 is 0 Å². The minimum absolute atomic E-state index is 0.0955. The Labute approximate surface area is 77.4 Å². The van der Waals surface area contributed by atoms with E-state index in [4.69, 9.17) is 0 Å². The lowest BCUT2D eigenvalue weighted by atomic mass is 9.81. The van der Waals surface area contributed by atoms with Crippen molar-refractivity contribution in [2.24, 2.45) is 5.92 Å². The van der Waals surface area contributed by atoms with Crippen molar-refractivity contribution < 1.29 is 9.59 Å². The summed E-state index contributed by atoms with van der Waals surface area (Å²) in [6.45, 7) is 3.84. The van der Waals surface area contributed by atoms with Gasteiger partial charge in [-0.15, -0.1) is 0 Å². The molecule has 3 nitrogen and oxygen atoms in total. The monoisotopic (exact) mass is 179 g/mol. The number of carbonyl (C=O) groups excluding carboxylic acids is 2. The van der Waals surface area contributed by atoms with E-state index >= 15 is 0 Å². The summed E-state index contributed by atoms with van der Waals surface area (Å²) in [5, 5.41) is 0. The zero-order chi connectivity index (χ0) is 9.59. The van der Waals surface area contributed by atoms with Crippen molar-refractivity contribution in [2.75, 3.05) is 0 Å². The van der Waals surface area contributed by atoms with Gasteiger partial charge in [0.05, 0.1) is 0 Å². The second kappa shape index (κ2) is 2.69. The second-order valence-electron chi connectivity index (χ2n) is 4.07. The highest BCUT2D eigenvalue weighted by molar-refractivity contribution is 6.16. The molecular weight excluding hydrogens is 166 g/mol. The van der Waals surface area contributed by atoms with Gasteiger partial charge in [0.1, 0.15) is 0 Å². The summed E-state index contributed by atoms with van der Waals surface area (Å²) in [5.41, 5.74) is 0.574. The largest absolute Gasteiger partial charge is 0.272 e. The smallest absolute Gasteiger partial charge is 0.256 e. The maximum Gasteiger partial charge on any atom is 0.256 e. The van der Waals surface area contributed by atoms with Crippen LogP contribution in [0.5, 0.6) is 0 Å². The molecule has 0 radical (unpaired) electrons. The average molecular weight is 179 g/mol. The third kappa shape index (κ3) is 1.19. The predicted molar refractivity (Wildman–Crippen MR) is 47.8 cm³/mol. The van der Waals surface area contributed by atoms with Gasteiger partial charge in [0.2, 0.25) is 0 Å². The molecule has 3 heteroatoms. The summed E-state index contributed by atoms with van der Waals surface area (Å²) in [6.07, 6.45) is 3.38. The van der Waals surface area contributed by atoms with Crippen LogP contribution in [0.4, 0.5) is 0 Å². The first-order valence-electron chi connectivity index (χ1n) is 4.65. The zero-order valence-corrected chi connectivity index (χ0v) is 7.91. The molecule has 0 aromatic rings. The molecule has 13 heavy (non-hydrogen) atoms. The van der Waals surface area contributed by atoms with E-state index < -0.39 is 0 Å². The number of hydrogen-bond acceptors (Lipinski definition) is 2. The van der Waals surface area contributed by atoms with Gasteiger partial charge in [-0.1, -0.05) is 6.92 Å². The maximum absolute atomic E-state index is 11.5. The van der Waals surface area contributed by atoms with Gasteiger partial charge in [0.25, 0.3) is 11.8 Å². The molecular formula is C10H13NO2. The minimum Gasteiger partial charge on any atom is -0.272 e. The van der Waals surface area contributed by atoms with Crippen LogP contribution in [0.3, 0.4) is 0 Å². The Bertz CT molecular complexity index is 300. The molecule has 1 fully saturated rings. The van der Waals surface area contributed by atoms with Crippen LogP contribution < -0.4 is 0 Å². The molecule has 1 aliphatic carbocycles. The highest BCUT2D eigenvalue weighted by Crippen LogP contribution is 2.33. The van der Waals surface area contributed by atoms with Crippen LogP contribution in [0.2, 0.25) is 0 Å². The Morgan fingerprint density at radius 1 is 1.38 bits per heavy atom. The van der Waals surface area contributed by atoms with Crippen LogP contribution >= 0.6 is 0 Å². The standard InChI is InChI=1S/C10H13NO2/c1-6-3-8(4-6)11-9(12)5-7(2)10(11)13/h5-6,8H,3-4H2,1-2H3. The Morgan fingerprint density at radius 3 is 2.38 bits per heavy atom. The van der Waals surface area contributed by atoms with Crippen LogP contribution in [0.15, 0.2) is 11.6 Å². The number of nitrogens with zero attached hydrogens (tertiary/aromatic N) is 1. The molecule has 0 aromatic heterocycles. The molecule has 0 bridgehead atoms. The Morgan fingerprint density at radius 2 is 2.00 bits per heavy atom. The molecule has 0 atom stereocenters. The van der Waals surface area contributed by atoms with E-state index in [2.05, 4.69) is 6.92 Å². The summed E-state index contributed by atoms with van der Waals surface area (Å²) in [4.78, 5) is 24.3. The Balaban J connectivity index is 2.10. The Hall–Kier alpha value is -1.12. The van der Waals surface area contributed by atoms with E-state index in [1.165, 1.54) is 11.0 Å². The fourth-order valence-corrected chi connectivity index (χ4v) is 2.02. The SMILES string of the molecule is CC1=CC(=O)N(C2CC(C)C2)C1=O. The molecule has 2 rings (SSSR count). The van der Waals surface area contributed by atoms with Crippen molar-refractivity contribution in [2.45, 2.75) is 32.7 Å². The van der Waals surface area contributed by atoms with Gasteiger partial charge >= 0.3 is 0 Å². The zero-order valence-electron chi connectivity index (χ0n) is 7.91. The summed E-state index contributed by atoms with van der Waals surface area (Å²) in [6, 6.07) is 0.170. The molecule has 0 N–H and O–H groups in total. The van der Waals surface area contributed by atoms with Crippen molar-refractivity contribution in [3.8, 4) is 0 Å². The molecule has 1 aliphatic heterocycles. The number of hydrogen-bond donors (Lipinski definition) is 0. The van der Waals surface area contributed by atoms with Crippen molar-refractivity contribution in [3.63, 3.8) is 0 Å². The fraction of sp³-hybridized carbons (Fsp3) is 0.600. The predicted octanol–water partition coefficient (Wildman–Crippen LogP) is 1.10. The third-order valence-electron chi connectivity index (χ3n) is 2.85. The van der Waals surface area contributed by atoms with Gasteiger partial charge in [-0.05, 0) is 25.7 Å². The number of amides is 2. The van der Waals surface area contributed by atoms with E-state index in [-0.39, 0.29) is 17.9 Å². The lowest BCUT2D eigenvalue weighted by Crippen LogP contribution is -2.47. The highest BCUT2D eigenvalue weighted by Gasteiger charge is 2.39. The quantitative estimate of drug-likeness (QED) is 0.565. The first-order valence-corrected chi connectivity index (χ1v) is 4.65. The van der Waals surface area contributed by atoms with E-state index in [1.54, 1.807) is 6.92 Å². The molecule has 0 aromatic carbocycles. The minimum atomic E-state index is -0.126. The Kier molecular flexibility index (Phi) is 1.75. The van der Waals surface area contributed by atoms with Crippen LogP contribution in [-0.4, -0.2) is 22.8 Å². The molecule has 2 amide bonds. The van der Waals surface area contributed by atoms with E-state index in [0.717, 1.165) is 12.8 Å². The molecule has 70 valence electrons. The fourth-order valence-electron chi connectivity index (χ4n) is 2.02. The van der Waals surface area contributed by atoms with E-state index in [1.807, 2.05) is 0 Å². The van der Waals surface area contributed by atoms with Crippen LogP contribution in [-0.2, 0) is 9.59 Å². The second-order valence-corrected chi connectivity index (χ2v) is 4.07. The summed E-state index contributed by atoms with van der Waals surface area (Å²) < 4.78 is 0. The van der Waals surface area contributed by atoms with Crippen LogP contribution in [0.25, 0.3) is 0 Å². The van der Waals surface area contributed by atoms with Gasteiger partial charge in [-0.3, -0.25) is 14.5 Å². The molecule has 1 saturated carbocycles. The number of imide groups is 1. The highest BCUT2D eigenvalue weighted by atomic mass is 16.2. The summed E-state index contributed by atoms with van der Waals surface area (Å²) in [7, 11) is 0. The average Bonchev–Trinajstić information content (AvgIpc) is 2.22. The van der Waals surface area contributed by atoms with Crippen molar-refractivity contribution >= 4 is 11.8 Å². The van der Waals surface area contributed by atoms with E-state index in [9.17, 15) is 9.59 Å². The lowest BCUT2D eigenvalue weighted by molar-refractivity contribution is -0.142. The first-order chi connectivity index (χ1) is 6.09. The topological polar surface area (TPSA) is 37.4 Å².